The molecule has 9 heteroatoms. The van der Waals surface area contributed by atoms with Gasteiger partial charge in [-0.05, 0) is 42.8 Å². The molecule has 2 unspecified atom stereocenters. The van der Waals surface area contributed by atoms with E-state index in [1.54, 1.807) is 0 Å². The predicted molar refractivity (Wildman–Crippen MR) is 195 cm³/mol. The number of unbranched alkanes of at least 4 members (excludes halogenated alkanes) is 15. The number of rotatable bonds is 27. The normalized spacial score (nSPS) is 12.6. The van der Waals surface area contributed by atoms with Crippen LogP contribution in [0.2, 0.25) is 0 Å². The molecule has 0 saturated carbocycles. The van der Waals surface area contributed by atoms with Crippen LogP contribution in [0.15, 0.2) is 66.9 Å². The lowest BCUT2D eigenvalue weighted by molar-refractivity contribution is -0.662. The number of benzene rings is 2. The number of amides is 1. The van der Waals surface area contributed by atoms with E-state index in [0.717, 1.165) is 23.9 Å². The summed E-state index contributed by atoms with van der Waals surface area (Å²) in [6.07, 6.45) is 22.2. The predicted octanol–water partition coefficient (Wildman–Crippen LogP) is 9.79. The molecule has 0 bridgehead atoms. The van der Waals surface area contributed by atoms with E-state index >= 15 is 0 Å². The minimum absolute atomic E-state index is 0.0188. The second kappa shape index (κ2) is 25.2. The summed E-state index contributed by atoms with van der Waals surface area (Å²) in [6, 6.07) is 20.0. The quantitative estimate of drug-likeness (QED) is 0.0473. The zero-order chi connectivity index (χ0) is 34.1. The van der Waals surface area contributed by atoms with Gasteiger partial charge in [0, 0.05) is 36.7 Å². The van der Waals surface area contributed by atoms with Crippen molar-refractivity contribution in [3.05, 3.63) is 72.4 Å². The molecule has 1 amide bonds. The van der Waals surface area contributed by atoms with Crippen LogP contribution in [-0.2, 0) is 20.5 Å². The smallest absolute Gasteiger partial charge is 0.407 e. The Balaban J connectivity index is 1.16. The number of methoxy groups -OCH3 is 1. The maximum atomic E-state index is 12.1. The van der Waals surface area contributed by atoms with Gasteiger partial charge in [-0.25, -0.2) is 4.79 Å². The summed E-state index contributed by atoms with van der Waals surface area (Å²) < 4.78 is 23.9. The van der Waals surface area contributed by atoms with E-state index in [1.807, 2.05) is 42.5 Å². The minimum Gasteiger partial charge on any atom is -0.447 e. The molecule has 3 rings (SSSR count). The number of fused-ring (bicyclic) bond motifs is 1. The first-order chi connectivity index (χ1) is 23.6. The van der Waals surface area contributed by atoms with Crippen molar-refractivity contribution in [2.45, 2.75) is 122 Å². The fourth-order valence-corrected chi connectivity index (χ4v) is 6.39. The second-order valence-corrected chi connectivity index (χ2v) is 13.6. The summed E-state index contributed by atoms with van der Waals surface area (Å²) in [4.78, 5) is 22.4. The summed E-state index contributed by atoms with van der Waals surface area (Å²) in [5.41, 5.74) is 2.27. The van der Waals surface area contributed by atoms with Crippen LogP contribution >= 0.6 is 8.60 Å². The Bertz CT molecular complexity index is 1260. The van der Waals surface area contributed by atoms with Crippen molar-refractivity contribution in [3.63, 3.8) is 0 Å². The van der Waals surface area contributed by atoms with Gasteiger partial charge < -0.3 is 24.2 Å². The van der Waals surface area contributed by atoms with E-state index in [4.69, 9.17) is 18.5 Å². The molecule has 2 aromatic carbocycles. The van der Waals surface area contributed by atoms with E-state index in [-0.39, 0.29) is 13.2 Å². The maximum Gasteiger partial charge on any atom is 0.407 e. The number of para-hydroxylation sites is 1. The third kappa shape index (κ3) is 17.1. The Kier molecular flexibility index (Phi) is 20.9. The highest BCUT2D eigenvalue weighted by Gasteiger charge is 2.17. The molecule has 266 valence electrons. The zero-order valence-electron chi connectivity index (χ0n) is 29.5. The molecule has 0 spiro atoms. The van der Waals surface area contributed by atoms with Gasteiger partial charge in [-0.15, -0.1) is 0 Å². The number of nitrogens with one attached hydrogen (secondary N) is 1. The average Bonchev–Trinajstić information content (AvgIpc) is 3.10. The van der Waals surface area contributed by atoms with Crippen molar-refractivity contribution < 1.29 is 32.8 Å². The van der Waals surface area contributed by atoms with Gasteiger partial charge >= 0.3 is 14.7 Å². The number of hydrogen-bond donors (Lipinski definition) is 2. The summed E-state index contributed by atoms with van der Waals surface area (Å²) in [7, 11) is -0.658. The van der Waals surface area contributed by atoms with Crippen LogP contribution in [-0.4, -0.2) is 44.0 Å². The topological polar surface area (TPSA) is 90.1 Å². The zero-order valence-corrected chi connectivity index (χ0v) is 30.3. The van der Waals surface area contributed by atoms with Gasteiger partial charge in [-0.3, -0.25) is 4.52 Å². The van der Waals surface area contributed by atoms with Crippen molar-refractivity contribution in [3.8, 4) is 5.75 Å². The Morgan fingerprint density at radius 2 is 1.35 bits per heavy atom. The van der Waals surface area contributed by atoms with E-state index in [0.29, 0.717) is 18.8 Å². The maximum absolute atomic E-state index is 12.1. The molecule has 1 heterocycles. The molecule has 8 nitrogen and oxygen atoms in total. The number of carbonyl (C=O) groups excluding carboxylic acids is 1. The highest BCUT2D eigenvalue weighted by atomic mass is 31.2. The molecule has 0 radical (unpaired) electrons. The van der Waals surface area contributed by atoms with Crippen LogP contribution in [0.5, 0.6) is 5.75 Å². The monoisotopic (exact) mass is 683 g/mol. The molecular formula is C39H60N2O6P+. The molecule has 1 aromatic heterocycles. The van der Waals surface area contributed by atoms with E-state index in [1.165, 1.54) is 102 Å². The standard InChI is InChI=1S/C39H59N2O6P/c1-3-4-5-6-7-8-9-10-11-12-13-14-15-16-17-20-29-40-39(42)45-32-37(44-2)33-46-48(43)47-36-27-25-34(26-28-36)31-41-30-21-23-35-22-18-19-24-38(35)41/h18-19,21-28,30,37,43H,3-17,20,29,31-33H2,1-2H3/p+1. The van der Waals surface area contributed by atoms with Gasteiger partial charge in [0.25, 0.3) is 0 Å². The molecule has 2 N–H and O–H groups in total. The van der Waals surface area contributed by atoms with Gasteiger partial charge in [0.2, 0.25) is 5.52 Å². The second-order valence-electron chi connectivity index (χ2n) is 12.6. The number of ether oxygens (including phenoxy) is 2. The van der Waals surface area contributed by atoms with E-state index in [2.05, 4.69) is 41.2 Å². The number of aromatic nitrogens is 1. The fourth-order valence-electron chi connectivity index (χ4n) is 5.74. The van der Waals surface area contributed by atoms with Crippen LogP contribution in [0, 0.1) is 0 Å². The van der Waals surface area contributed by atoms with E-state index < -0.39 is 20.8 Å². The van der Waals surface area contributed by atoms with Gasteiger partial charge in [0.15, 0.2) is 12.7 Å². The van der Waals surface area contributed by atoms with Gasteiger partial charge in [0.1, 0.15) is 18.5 Å². The largest absolute Gasteiger partial charge is 0.447 e. The average molecular weight is 684 g/mol. The van der Waals surface area contributed by atoms with Crippen LogP contribution in [0.25, 0.3) is 10.9 Å². The van der Waals surface area contributed by atoms with Gasteiger partial charge in [-0.1, -0.05) is 115 Å². The number of carbonyl (C=O) groups is 1. The summed E-state index contributed by atoms with van der Waals surface area (Å²) in [5.74, 6) is 0.508. The van der Waals surface area contributed by atoms with E-state index in [9.17, 15) is 9.69 Å². The molecule has 2 atom stereocenters. The molecule has 48 heavy (non-hydrogen) atoms. The number of hydrogen-bond acceptors (Lipinski definition) is 6. The third-order valence-corrected chi connectivity index (χ3v) is 9.39. The van der Waals surface area contributed by atoms with Gasteiger partial charge in [-0.2, -0.15) is 4.57 Å². The van der Waals surface area contributed by atoms with Crippen molar-refractivity contribution in [2.24, 2.45) is 0 Å². The summed E-state index contributed by atoms with van der Waals surface area (Å²) >= 11 is 0. The molecule has 3 aromatic rings. The van der Waals surface area contributed by atoms with Crippen LogP contribution < -0.4 is 14.4 Å². The Hall–Kier alpha value is -2.77. The third-order valence-electron chi connectivity index (χ3n) is 8.65. The molecule has 0 fully saturated rings. The van der Waals surface area contributed by atoms with Crippen molar-refractivity contribution in [1.82, 2.24) is 5.32 Å². The highest BCUT2D eigenvalue weighted by molar-refractivity contribution is 7.41. The first kappa shape index (κ1) is 39.7. The molecule has 0 aliphatic heterocycles. The molecular weight excluding hydrogens is 623 g/mol. The molecule has 0 aliphatic carbocycles. The molecule has 0 aliphatic rings. The van der Waals surface area contributed by atoms with Crippen molar-refractivity contribution in [2.75, 3.05) is 26.9 Å². The first-order valence-corrected chi connectivity index (χ1v) is 19.4. The lowest BCUT2D eigenvalue weighted by Gasteiger charge is -2.18. The van der Waals surface area contributed by atoms with Crippen LogP contribution in [0.1, 0.15) is 115 Å². The summed E-state index contributed by atoms with van der Waals surface area (Å²) in [5, 5.41) is 4.00. The number of pyridine rings is 1. The Morgan fingerprint density at radius 3 is 1.98 bits per heavy atom. The fraction of sp³-hybridized carbons (Fsp3) is 0.590. The number of alkyl carbamates (subject to hydrolysis) is 1. The first-order valence-electron chi connectivity index (χ1n) is 18.3. The SMILES string of the molecule is CCCCCCCCCCCCCCCCCCNC(=O)OCC(COP(O)Oc1ccc(C[n+]2cccc3ccccc32)cc1)OC. The van der Waals surface area contributed by atoms with Crippen LogP contribution in [0.3, 0.4) is 0 Å². The van der Waals surface area contributed by atoms with Crippen molar-refractivity contribution in [1.29, 1.82) is 0 Å². The van der Waals surface area contributed by atoms with Gasteiger partial charge in [0.05, 0.1) is 6.61 Å². The number of nitrogens with zero attached hydrogens (tertiary/aromatic N) is 1. The lowest BCUT2D eigenvalue weighted by atomic mass is 10.0. The van der Waals surface area contributed by atoms with Crippen molar-refractivity contribution >= 4 is 25.6 Å². The van der Waals surface area contributed by atoms with Crippen LogP contribution in [0.4, 0.5) is 4.79 Å². The molecule has 0 saturated heterocycles. The summed E-state index contributed by atoms with van der Waals surface area (Å²) in [6.45, 7) is 3.64. The Labute approximate surface area is 290 Å². The minimum atomic E-state index is -2.17. The Morgan fingerprint density at radius 1 is 0.771 bits per heavy atom. The lowest BCUT2D eigenvalue weighted by Crippen LogP contribution is -2.34. The highest BCUT2D eigenvalue weighted by Crippen LogP contribution is 2.35.